The Balaban J connectivity index is 2.62. The zero-order valence-electron chi connectivity index (χ0n) is 8.33. The van der Waals surface area contributed by atoms with Gasteiger partial charge in [-0.2, -0.15) is 0 Å². The van der Waals surface area contributed by atoms with Gasteiger partial charge in [0.15, 0.2) is 0 Å². The van der Waals surface area contributed by atoms with Crippen molar-refractivity contribution in [2.75, 3.05) is 0 Å². The van der Waals surface area contributed by atoms with Crippen molar-refractivity contribution in [3.8, 4) is 12.3 Å². The third kappa shape index (κ3) is 3.72. The molecule has 0 spiro atoms. The summed E-state index contributed by atoms with van der Waals surface area (Å²) < 4.78 is 0.704. The van der Waals surface area contributed by atoms with E-state index in [1.807, 2.05) is 6.92 Å². The first-order chi connectivity index (χ1) is 7.13. The zero-order valence-corrected chi connectivity index (χ0v) is 9.91. The fourth-order valence-electron chi connectivity index (χ4n) is 1.05. The van der Waals surface area contributed by atoms with Gasteiger partial charge >= 0.3 is 0 Å². The molecule has 1 aromatic rings. The number of aromatic nitrogens is 1. The number of carbonyl (C=O) groups excluding carboxylic acids is 1. The van der Waals surface area contributed by atoms with Crippen LogP contribution in [0.15, 0.2) is 22.9 Å². The van der Waals surface area contributed by atoms with Crippen molar-refractivity contribution in [2.24, 2.45) is 0 Å². The third-order valence-corrected chi connectivity index (χ3v) is 2.26. The number of pyridine rings is 1. The van der Waals surface area contributed by atoms with Gasteiger partial charge in [0.25, 0.3) is 5.91 Å². The Bertz CT molecular complexity index is 381. The number of halogens is 1. The van der Waals surface area contributed by atoms with Gasteiger partial charge in [-0.25, -0.2) is 4.98 Å². The number of carbonyl (C=O) groups is 1. The topological polar surface area (TPSA) is 42.0 Å². The minimum atomic E-state index is -0.155. The van der Waals surface area contributed by atoms with Crippen molar-refractivity contribution < 1.29 is 4.79 Å². The first kappa shape index (κ1) is 11.7. The van der Waals surface area contributed by atoms with Crippen LogP contribution >= 0.6 is 15.9 Å². The zero-order chi connectivity index (χ0) is 11.3. The summed E-state index contributed by atoms with van der Waals surface area (Å²) in [5, 5.41) is 2.78. The van der Waals surface area contributed by atoms with Crippen molar-refractivity contribution in [3.63, 3.8) is 0 Å². The van der Waals surface area contributed by atoms with Gasteiger partial charge in [0.05, 0.1) is 5.56 Å². The fraction of sp³-hybridized carbons (Fsp3) is 0.273. The van der Waals surface area contributed by atoms with Gasteiger partial charge in [-0.1, -0.05) is 0 Å². The van der Waals surface area contributed by atoms with Gasteiger partial charge in [-0.05, 0) is 35.0 Å². The van der Waals surface area contributed by atoms with E-state index in [0.717, 1.165) is 0 Å². The number of nitrogens with zero attached hydrogens (tertiary/aromatic N) is 1. The van der Waals surface area contributed by atoms with Gasteiger partial charge in [-0.3, -0.25) is 4.79 Å². The molecule has 0 fully saturated rings. The van der Waals surface area contributed by atoms with Gasteiger partial charge in [-0.15, -0.1) is 12.3 Å². The van der Waals surface area contributed by atoms with Crippen molar-refractivity contribution in [1.29, 1.82) is 0 Å². The second kappa shape index (κ2) is 5.52. The first-order valence-electron chi connectivity index (χ1n) is 4.49. The molecule has 1 N–H and O–H groups in total. The molecule has 0 aliphatic heterocycles. The lowest BCUT2D eigenvalue weighted by Gasteiger charge is -2.10. The molecule has 1 aromatic heterocycles. The van der Waals surface area contributed by atoms with Crippen LogP contribution in [0.2, 0.25) is 0 Å². The Morgan fingerprint density at radius 3 is 3.00 bits per heavy atom. The SMILES string of the molecule is C#CCC(C)NC(=O)c1ccc(Br)nc1. The number of amides is 1. The van der Waals surface area contributed by atoms with E-state index in [9.17, 15) is 4.79 Å². The molecule has 0 aliphatic carbocycles. The molecule has 0 saturated heterocycles. The highest BCUT2D eigenvalue weighted by molar-refractivity contribution is 9.10. The standard InChI is InChI=1S/C11H11BrN2O/c1-3-4-8(2)14-11(15)9-5-6-10(12)13-7-9/h1,5-8H,4H2,2H3,(H,14,15). The smallest absolute Gasteiger partial charge is 0.253 e. The minimum absolute atomic E-state index is 0.0221. The highest BCUT2D eigenvalue weighted by atomic mass is 79.9. The van der Waals surface area contributed by atoms with Crippen LogP contribution in [0.5, 0.6) is 0 Å². The molecule has 1 rings (SSSR count). The fourth-order valence-corrected chi connectivity index (χ4v) is 1.28. The Morgan fingerprint density at radius 1 is 1.73 bits per heavy atom. The van der Waals surface area contributed by atoms with Gasteiger partial charge in [0, 0.05) is 18.7 Å². The second-order valence-electron chi connectivity index (χ2n) is 3.15. The van der Waals surface area contributed by atoms with Crippen LogP contribution in [0.3, 0.4) is 0 Å². The maximum absolute atomic E-state index is 11.6. The van der Waals surface area contributed by atoms with Crippen molar-refractivity contribution in [2.45, 2.75) is 19.4 Å². The van der Waals surface area contributed by atoms with E-state index in [-0.39, 0.29) is 11.9 Å². The Kier molecular flexibility index (Phi) is 4.32. The molecule has 4 heteroatoms. The lowest BCUT2D eigenvalue weighted by Crippen LogP contribution is -2.32. The van der Waals surface area contributed by atoms with Crippen molar-refractivity contribution in [3.05, 3.63) is 28.5 Å². The summed E-state index contributed by atoms with van der Waals surface area (Å²) in [6, 6.07) is 3.40. The van der Waals surface area contributed by atoms with E-state index in [2.05, 4.69) is 32.2 Å². The number of hydrogen-bond donors (Lipinski definition) is 1. The molecule has 0 radical (unpaired) electrons. The molecule has 0 aromatic carbocycles. The summed E-state index contributed by atoms with van der Waals surface area (Å²) in [6.45, 7) is 1.87. The summed E-state index contributed by atoms with van der Waals surface area (Å²) in [6.07, 6.45) is 7.18. The second-order valence-corrected chi connectivity index (χ2v) is 3.96. The Labute approximate surface area is 97.4 Å². The highest BCUT2D eigenvalue weighted by Crippen LogP contribution is 2.06. The summed E-state index contributed by atoms with van der Waals surface area (Å²) in [7, 11) is 0. The van der Waals surface area contributed by atoms with E-state index in [1.165, 1.54) is 6.20 Å². The molecule has 15 heavy (non-hydrogen) atoms. The summed E-state index contributed by atoms with van der Waals surface area (Å²) >= 11 is 3.20. The van der Waals surface area contributed by atoms with Crippen LogP contribution in [0.1, 0.15) is 23.7 Å². The van der Waals surface area contributed by atoms with E-state index in [0.29, 0.717) is 16.6 Å². The Hall–Kier alpha value is -1.34. The molecule has 1 amide bonds. The van der Waals surface area contributed by atoms with E-state index in [1.54, 1.807) is 12.1 Å². The largest absolute Gasteiger partial charge is 0.349 e. The summed E-state index contributed by atoms with van der Waals surface area (Å²) in [5.41, 5.74) is 0.530. The molecule has 1 heterocycles. The molecule has 0 bridgehead atoms. The van der Waals surface area contributed by atoms with Crippen LogP contribution in [-0.2, 0) is 0 Å². The highest BCUT2D eigenvalue weighted by Gasteiger charge is 2.08. The average molecular weight is 267 g/mol. The van der Waals surface area contributed by atoms with Crippen molar-refractivity contribution in [1.82, 2.24) is 10.3 Å². The van der Waals surface area contributed by atoms with E-state index >= 15 is 0 Å². The lowest BCUT2D eigenvalue weighted by molar-refractivity contribution is 0.0940. The normalized spacial score (nSPS) is 11.5. The first-order valence-corrected chi connectivity index (χ1v) is 5.28. The van der Waals surface area contributed by atoms with Gasteiger partial charge < -0.3 is 5.32 Å². The molecule has 0 aliphatic rings. The van der Waals surface area contributed by atoms with Gasteiger partial charge in [0.1, 0.15) is 4.60 Å². The molecule has 78 valence electrons. The predicted molar refractivity (Wildman–Crippen MR) is 62.3 cm³/mol. The van der Waals surface area contributed by atoms with Crippen LogP contribution in [-0.4, -0.2) is 16.9 Å². The lowest BCUT2D eigenvalue weighted by atomic mass is 10.2. The maximum Gasteiger partial charge on any atom is 0.253 e. The van der Waals surface area contributed by atoms with E-state index < -0.39 is 0 Å². The number of nitrogens with one attached hydrogen (secondary N) is 1. The van der Waals surface area contributed by atoms with Crippen molar-refractivity contribution >= 4 is 21.8 Å². The third-order valence-electron chi connectivity index (χ3n) is 1.79. The van der Waals surface area contributed by atoms with Crippen LogP contribution in [0.4, 0.5) is 0 Å². The summed E-state index contributed by atoms with van der Waals surface area (Å²) in [5.74, 6) is 2.34. The maximum atomic E-state index is 11.6. The molecular weight excluding hydrogens is 256 g/mol. The number of terminal acetylenes is 1. The van der Waals surface area contributed by atoms with E-state index in [4.69, 9.17) is 6.42 Å². The minimum Gasteiger partial charge on any atom is -0.349 e. The number of rotatable bonds is 3. The van der Waals surface area contributed by atoms with Crippen LogP contribution in [0.25, 0.3) is 0 Å². The molecule has 3 nitrogen and oxygen atoms in total. The molecular formula is C11H11BrN2O. The van der Waals surface area contributed by atoms with Crippen LogP contribution in [0, 0.1) is 12.3 Å². The monoisotopic (exact) mass is 266 g/mol. The van der Waals surface area contributed by atoms with Gasteiger partial charge in [0.2, 0.25) is 0 Å². The summed E-state index contributed by atoms with van der Waals surface area (Å²) in [4.78, 5) is 15.6. The number of hydrogen-bond acceptors (Lipinski definition) is 2. The average Bonchev–Trinajstić information content (AvgIpc) is 2.18. The molecule has 1 atom stereocenters. The van der Waals surface area contributed by atoms with Crippen LogP contribution < -0.4 is 5.32 Å². The molecule has 1 unspecified atom stereocenters. The predicted octanol–water partition coefficient (Wildman–Crippen LogP) is 1.99. The molecule has 0 saturated carbocycles. The Morgan fingerprint density at radius 2 is 2.47 bits per heavy atom. The quantitative estimate of drug-likeness (QED) is 0.672.